The van der Waals surface area contributed by atoms with Crippen molar-refractivity contribution in [3.05, 3.63) is 49.9 Å². The van der Waals surface area contributed by atoms with Crippen LogP contribution in [0.3, 0.4) is 0 Å². The van der Waals surface area contributed by atoms with Gasteiger partial charge in [-0.25, -0.2) is 4.98 Å². The smallest absolute Gasteiger partial charge is 0.110 e. The van der Waals surface area contributed by atoms with E-state index in [1.54, 1.807) is 11.3 Å². The number of aryl methyl sites for hydroxylation is 2. The van der Waals surface area contributed by atoms with E-state index in [0.29, 0.717) is 12.1 Å². The second kappa shape index (κ2) is 5.35. The largest absolute Gasteiger partial charge is 0.301 e. The highest BCUT2D eigenvalue weighted by atomic mass is 79.9. The summed E-state index contributed by atoms with van der Waals surface area (Å²) in [5.74, 6) is 0. The van der Waals surface area contributed by atoms with Crippen LogP contribution in [0.1, 0.15) is 47.3 Å². The lowest BCUT2D eigenvalue weighted by atomic mass is 10.1. The van der Waals surface area contributed by atoms with Gasteiger partial charge >= 0.3 is 0 Å². The van der Waals surface area contributed by atoms with Gasteiger partial charge in [-0.3, -0.25) is 0 Å². The molecule has 1 aromatic carbocycles. The third-order valence-corrected chi connectivity index (χ3v) is 5.28. The van der Waals surface area contributed by atoms with E-state index in [9.17, 15) is 0 Å². The van der Waals surface area contributed by atoms with E-state index in [-0.39, 0.29) is 0 Å². The number of nitrogens with one attached hydrogen (secondary N) is 1. The summed E-state index contributed by atoms with van der Waals surface area (Å²) in [5, 5.41) is 7.02. The third kappa shape index (κ3) is 2.76. The number of halogens is 1. The van der Waals surface area contributed by atoms with E-state index in [1.807, 2.05) is 0 Å². The molecule has 4 heteroatoms. The molecule has 0 saturated heterocycles. The Kier molecular flexibility index (Phi) is 3.74. The molecule has 1 aromatic heterocycles. The average Bonchev–Trinajstić information content (AvgIpc) is 2.96. The zero-order valence-corrected chi connectivity index (χ0v) is 13.5. The number of hydrogen-bond acceptors (Lipinski definition) is 3. The lowest BCUT2D eigenvalue weighted by Gasteiger charge is -2.18. The van der Waals surface area contributed by atoms with Crippen LogP contribution in [0.4, 0.5) is 0 Å². The van der Waals surface area contributed by atoms with Crippen LogP contribution in [0.15, 0.2) is 28.1 Å². The van der Waals surface area contributed by atoms with Crippen LogP contribution >= 0.6 is 27.3 Å². The van der Waals surface area contributed by atoms with Crippen LogP contribution in [0.25, 0.3) is 0 Å². The molecule has 0 amide bonds. The van der Waals surface area contributed by atoms with Gasteiger partial charge < -0.3 is 5.32 Å². The topological polar surface area (TPSA) is 24.9 Å². The molecule has 1 aliphatic carbocycles. The first kappa shape index (κ1) is 13.3. The van der Waals surface area contributed by atoms with Crippen molar-refractivity contribution in [3.8, 4) is 0 Å². The van der Waals surface area contributed by atoms with Gasteiger partial charge in [0.25, 0.3) is 0 Å². The van der Waals surface area contributed by atoms with Crippen molar-refractivity contribution < 1.29 is 0 Å². The fourth-order valence-corrected chi connectivity index (χ4v) is 3.92. The standard InChI is InChI=1S/C15H17BrN2S/c1-9-8-19-15(17-9)10(2)18-14-6-3-11-7-12(16)4-5-13(11)14/h4-5,7-8,10,14,18H,3,6H2,1-2H3. The molecule has 0 radical (unpaired) electrons. The van der Waals surface area contributed by atoms with Crippen LogP contribution < -0.4 is 5.32 Å². The number of nitrogens with zero attached hydrogens (tertiary/aromatic N) is 1. The van der Waals surface area contributed by atoms with E-state index in [0.717, 1.165) is 12.1 Å². The van der Waals surface area contributed by atoms with Crippen molar-refractivity contribution in [3.63, 3.8) is 0 Å². The molecule has 2 aromatic rings. The molecule has 0 saturated carbocycles. The molecule has 1 heterocycles. The van der Waals surface area contributed by atoms with E-state index in [1.165, 1.54) is 27.0 Å². The number of hydrogen-bond donors (Lipinski definition) is 1. The quantitative estimate of drug-likeness (QED) is 0.889. The summed E-state index contributed by atoms with van der Waals surface area (Å²) < 4.78 is 1.18. The molecule has 0 spiro atoms. The van der Waals surface area contributed by atoms with Crippen molar-refractivity contribution in [2.45, 2.75) is 38.8 Å². The average molecular weight is 337 g/mol. The van der Waals surface area contributed by atoms with Crippen LogP contribution in [0.2, 0.25) is 0 Å². The third-order valence-electron chi connectivity index (χ3n) is 3.64. The summed E-state index contributed by atoms with van der Waals surface area (Å²) >= 11 is 5.29. The van der Waals surface area contributed by atoms with Crippen molar-refractivity contribution in [2.24, 2.45) is 0 Å². The highest BCUT2D eigenvalue weighted by molar-refractivity contribution is 9.10. The van der Waals surface area contributed by atoms with Gasteiger partial charge in [0.2, 0.25) is 0 Å². The number of thiazole rings is 1. The Labute approximate surface area is 126 Å². The first-order chi connectivity index (χ1) is 9.13. The first-order valence-corrected chi connectivity index (χ1v) is 8.27. The minimum absolute atomic E-state index is 0.318. The predicted octanol–water partition coefficient (Wildman–Crippen LogP) is 4.55. The summed E-state index contributed by atoms with van der Waals surface area (Å²) in [6.07, 6.45) is 2.34. The Balaban J connectivity index is 1.76. The normalized spacial score (nSPS) is 19.4. The maximum absolute atomic E-state index is 4.57. The zero-order valence-electron chi connectivity index (χ0n) is 11.1. The van der Waals surface area contributed by atoms with Gasteiger partial charge in [0.05, 0.1) is 6.04 Å². The Morgan fingerprint density at radius 1 is 1.47 bits per heavy atom. The first-order valence-electron chi connectivity index (χ1n) is 6.60. The van der Waals surface area contributed by atoms with E-state index < -0.39 is 0 Å². The molecular weight excluding hydrogens is 320 g/mol. The van der Waals surface area contributed by atoms with Crippen LogP contribution in [0.5, 0.6) is 0 Å². The van der Waals surface area contributed by atoms with Crippen LogP contribution in [0, 0.1) is 6.92 Å². The maximum atomic E-state index is 4.57. The molecule has 2 atom stereocenters. The summed E-state index contributed by atoms with van der Waals surface area (Å²) in [6, 6.07) is 7.40. The summed E-state index contributed by atoms with van der Waals surface area (Å²) in [7, 11) is 0. The molecule has 1 aliphatic rings. The summed E-state index contributed by atoms with van der Waals surface area (Å²) in [6.45, 7) is 4.25. The van der Waals surface area contributed by atoms with Gasteiger partial charge in [-0.2, -0.15) is 0 Å². The summed E-state index contributed by atoms with van der Waals surface area (Å²) in [4.78, 5) is 4.57. The Bertz CT molecular complexity index is 594. The molecule has 2 unspecified atom stereocenters. The van der Waals surface area contributed by atoms with Gasteiger partial charge in [-0.05, 0) is 49.9 Å². The number of aromatic nitrogens is 1. The SMILES string of the molecule is Cc1csc(C(C)NC2CCc3cc(Br)ccc32)n1. The second-order valence-electron chi connectivity index (χ2n) is 5.15. The van der Waals surface area contributed by atoms with Gasteiger partial charge in [0.15, 0.2) is 0 Å². The van der Waals surface area contributed by atoms with Crippen LogP contribution in [-0.2, 0) is 6.42 Å². The molecule has 19 heavy (non-hydrogen) atoms. The van der Waals surface area contributed by atoms with Crippen molar-refractivity contribution >= 4 is 27.3 Å². The molecule has 0 fully saturated rings. The minimum Gasteiger partial charge on any atom is -0.301 e. The zero-order chi connectivity index (χ0) is 13.4. The molecule has 2 nitrogen and oxygen atoms in total. The van der Waals surface area contributed by atoms with Crippen molar-refractivity contribution in [1.82, 2.24) is 10.3 Å². The number of fused-ring (bicyclic) bond motifs is 1. The maximum Gasteiger partial charge on any atom is 0.110 e. The lowest BCUT2D eigenvalue weighted by Crippen LogP contribution is -2.22. The number of rotatable bonds is 3. The van der Waals surface area contributed by atoms with Gasteiger partial charge in [-0.1, -0.05) is 22.0 Å². The second-order valence-corrected chi connectivity index (χ2v) is 6.96. The fraction of sp³-hybridized carbons (Fsp3) is 0.400. The molecule has 100 valence electrons. The predicted molar refractivity (Wildman–Crippen MR) is 83.6 cm³/mol. The molecule has 0 aliphatic heterocycles. The highest BCUT2D eigenvalue weighted by Crippen LogP contribution is 2.34. The molecule has 1 N–H and O–H groups in total. The minimum atomic E-state index is 0.318. The van der Waals surface area contributed by atoms with E-state index in [4.69, 9.17) is 0 Å². The van der Waals surface area contributed by atoms with Gasteiger partial charge in [0.1, 0.15) is 5.01 Å². The Morgan fingerprint density at radius 2 is 2.32 bits per heavy atom. The molecule has 0 bridgehead atoms. The van der Waals surface area contributed by atoms with E-state index in [2.05, 4.69) is 63.7 Å². The molecule has 3 rings (SSSR count). The molecular formula is C15H17BrN2S. The Morgan fingerprint density at radius 3 is 3.05 bits per heavy atom. The Hall–Kier alpha value is -0.710. The summed E-state index contributed by atoms with van der Waals surface area (Å²) in [5.41, 5.74) is 4.03. The van der Waals surface area contributed by atoms with Crippen molar-refractivity contribution in [1.29, 1.82) is 0 Å². The van der Waals surface area contributed by atoms with Gasteiger partial charge in [-0.15, -0.1) is 11.3 Å². The number of benzene rings is 1. The van der Waals surface area contributed by atoms with Crippen LogP contribution in [-0.4, -0.2) is 4.98 Å². The fourth-order valence-electron chi connectivity index (χ4n) is 2.70. The van der Waals surface area contributed by atoms with E-state index >= 15 is 0 Å². The van der Waals surface area contributed by atoms with Gasteiger partial charge in [0, 0.05) is 21.6 Å². The lowest BCUT2D eigenvalue weighted by molar-refractivity contribution is 0.463. The highest BCUT2D eigenvalue weighted by Gasteiger charge is 2.24. The van der Waals surface area contributed by atoms with Crippen molar-refractivity contribution in [2.75, 3.05) is 0 Å². The monoisotopic (exact) mass is 336 g/mol.